The first kappa shape index (κ1) is 15.8. The standard InChI is InChI=1S/C14H26N2O.ClH/c1-2-12-6-9-16(10-7-12)14(17)4-3-13-5-8-15-11-13;/h12-13,15H,2-11H2,1H3;1H. The van der Waals surface area contributed by atoms with E-state index in [4.69, 9.17) is 0 Å². The van der Waals surface area contributed by atoms with E-state index in [1.807, 2.05) is 0 Å². The monoisotopic (exact) mass is 274 g/mol. The van der Waals surface area contributed by atoms with Crippen LogP contribution >= 0.6 is 12.4 Å². The van der Waals surface area contributed by atoms with Gasteiger partial charge in [0.1, 0.15) is 0 Å². The molecule has 0 spiro atoms. The predicted molar refractivity (Wildman–Crippen MR) is 77.1 cm³/mol. The first-order chi connectivity index (χ1) is 8.29. The molecule has 1 N–H and O–H groups in total. The second-order valence-electron chi connectivity index (χ2n) is 5.63. The molecule has 1 amide bonds. The van der Waals surface area contributed by atoms with Crippen molar-refractivity contribution < 1.29 is 4.79 Å². The summed E-state index contributed by atoms with van der Waals surface area (Å²) in [7, 11) is 0. The Labute approximate surface area is 117 Å². The quantitative estimate of drug-likeness (QED) is 0.854. The average Bonchev–Trinajstić information content (AvgIpc) is 2.89. The number of nitrogens with zero attached hydrogens (tertiary/aromatic N) is 1. The van der Waals surface area contributed by atoms with Crippen molar-refractivity contribution in [3.8, 4) is 0 Å². The minimum absolute atomic E-state index is 0. The van der Waals surface area contributed by atoms with Crippen LogP contribution < -0.4 is 5.32 Å². The van der Waals surface area contributed by atoms with Gasteiger partial charge in [-0.25, -0.2) is 0 Å². The van der Waals surface area contributed by atoms with Crippen LogP contribution in [0.2, 0.25) is 0 Å². The zero-order chi connectivity index (χ0) is 12.1. The molecule has 0 aromatic heterocycles. The van der Waals surface area contributed by atoms with Crippen LogP contribution in [0.5, 0.6) is 0 Å². The lowest BCUT2D eigenvalue weighted by atomic mass is 9.94. The smallest absolute Gasteiger partial charge is 0.222 e. The van der Waals surface area contributed by atoms with Crippen molar-refractivity contribution in [1.82, 2.24) is 10.2 Å². The normalized spacial score (nSPS) is 24.9. The maximum Gasteiger partial charge on any atom is 0.222 e. The lowest BCUT2D eigenvalue weighted by molar-refractivity contribution is -0.132. The summed E-state index contributed by atoms with van der Waals surface area (Å²) in [6.45, 7) is 6.52. The van der Waals surface area contributed by atoms with E-state index in [0.29, 0.717) is 5.91 Å². The number of piperidine rings is 1. The van der Waals surface area contributed by atoms with Crippen LogP contribution in [0.15, 0.2) is 0 Å². The average molecular weight is 275 g/mol. The Morgan fingerprint density at radius 1 is 1.22 bits per heavy atom. The lowest BCUT2D eigenvalue weighted by Crippen LogP contribution is -2.38. The van der Waals surface area contributed by atoms with E-state index in [-0.39, 0.29) is 12.4 Å². The molecule has 2 aliphatic heterocycles. The Morgan fingerprint density at radius 3 is 2.50 bits per heavy atom. The molecule has 1 atom stereocenters. The SMILES string of the molecule is CCC1CCN(C(=O)CCC2CCNC2)CC1.Cl. The Balaban J connectivity index is 0.00000162. The lowest BCUT2D eigenvalue weighted by Gasteiger charge is -2.31. The van der Waals surface area contributed by atoms with Gasteiger partial charge < -0.3 is 10.2 Å². The van der Waals surface area contributed by atoms with Crippen molar-refractivity contribution in [2.45, 2.75) is 45.4 Å². The zero-order valence-corrected chi connectivity index (χ0v) is 12.3. The topological polar surface area (TPSA) is 32.3 Å². The Bertz CT molecular complexity index is 246. The number of carbonyl (C=O) groups excluding carboxylic acids is 1. The fraction of sp³-hybridized carbons (Fsp3) is 0.929. The number of nitrogens with one attached hydrogen (secondary N) is 1. The number of rotatable bonds is 4. The van der Waals surface area contributed by atoms with Crippen LogP contribution in [-0.2, 0) is 4.79 Å². The zero-order valence-electron chi connectivity index (χ0n) is 11.5. The van der Waals surface area contributed by atoms with E-state index in [1.165, 1.54) is 25.7 Å². The first-order valence-corrected chi connectivity index (χ1v) is 7.28. The Kier molecular flexibility index (Phi) is 7.02. The van der Waals surface area contributed by atoms with Crippen molar-refractivity contribution in [2.75, 3.05) is 26.2 Å². The summed E-state index contributed by atoms with van der Waals surface area (Å²) >= 11 is 0. The number of likely N-dealkylation sites (tertiary alicyclic amines) is 1. The van der Waals surface area contributed by atoms with Crippen LogP contribution in [0.4, 0.5) is 0 Å². The van der Waals surface area contributed by atoms with Gasteiger partial charge in [0, 0.05) is 19.5 Å². The summed E-state index contributed by atoms with van der Waals surface area (Å²) in [6.07, 6.45) is 6.81. The third-order valence-corrected chi connectivity index (χ3v) is 4.47. The molecule has 2 rings (SSSR count). The molecule has 4 heteroatoms. The second-order valence-corrected chi connectivity index (χ2v) is 5.63. The fourth-order valence-electron chi connectivity index (χ4n) is 3.04. The van der Waals surface area contributed by atoms with E-state index < -0.39 is 0 Å². The minimum Gasteiger partial charge on any atom is -0.343 e. The highest BCUT2D eigenvalue weighted by molar-refractivity contribution is 5.85. The van der Waals surface area contributed by atoms with Crippen LogP contribution in [0.1, 0.15) is 45.4 Å². The van der Waals surface area contributed by atoms with Crippen molar-refractivity contribution in [1.29, 1.82) is 0 Å². The van der Waals surface area contributed by atoms with Gasteiger partial charge in [-0.15, -0.1) is 12.4 Å². The largest absolute Gasteiger partial charge is 0.343 e. The molecule has 106 valence electrons. The molecule has 0 saturated carbocycles. The second kappa shape index (κ2) is 8.00. The van der Waals surface area contributed by atoms with Crippen molar-refractivity contribution in [3.05, 3.63) is 0 Å². The molecular formula is C14H27ClN2O. The first-order valence-electron chi connectivity index (χ1n) is 7.28. The highest BCUT2D eigenvalue weighted by Crippen LogP contribution is 2.21. The van der Waals surface area contributed by atoms with E-state index in [1.54, 1.807) is 0 Å². The summed E-state index contributed by atoms with van der Waals surface area (Å²) in [5.74, 6) is 2.00. The van der Waals surface area contributed by atoms with Crippen LogP contribution in [0.25, 0.3) is 0 Å². The third-order valence-electron chi connectivity index (χ3n) is 4.47. The molecule has 2 aliphatic rings. The Hall–Kier alpha value is -0.280. The minimum atomic E-state index is 0. The highest BCUT2D eigenvalue weighted by Gasteiger charge is 2.23. The molecule has 2 fully saturated rings. The fourth-order valence-corrected chi connectivity index (χ4v) is 3.04. The molecular weight excluding hydrogens is 248 g/mol. The molecule has 0 aromatic rings. The molecule has 18 heavy (non-hydrogen) atoms. The number of halogens is 1. The van der Waals surface area contributed by atoms with E-state index in [9.17, 15) is 4.79 Å². The van der Waals surface area contributed by atoms with Gasteiger partial charge >= 0.3 is 0 Å². The summed E-state index contributed by atoms with van der Waals surface area (Å²) in [5.41, 5.74) is 0. The molecule has 0 bridgehead atoms. The van der Waals surface area contributed by atoms with Gasteiger partial charge in [-0.2, -0.15) is 0 Å². The van der Waals surface area contributed by atoms with Gasteiger partial charge in [0.05, 0.1) is 0 Å². The van der Waals surface area contributed by atoms with Crippen molar-refractivity contribution >= 4 is 18.3 Å². The maximum atomic E-state index is 12.1. The van der Waals surface area contributed by atoms with Gasteiger partial charge in [0.2, 0.25) is 5.91 Å². The molecule has 2 saturated heterocycles. The van der Waals surface area contributed by atoms with Gasteiger partial charge in [0.15, 0.2) is 0 Å². The molecule has 2 heterocycles. The predicted octanol–water partition coefficient (Wildman–Crippen LogP) is 2.45. The summed E-state index contributed by atoms with van der Waals surface area (Å²) < 4.78 is 0. The number of hydrogen-bond donors (Lipinski definition) is 1. The van der Waals surface area contributed by atoms with Crippen molar-refractivity contribution in [2.24, 2.45) is 11.8 Å². The van der Waals surface area contributed by atoms with E-state index in [2.05, 4.69) is 17.1 Å². The van der Waals surface area contributed by atoms with Crippen LogP contribution in [0.3, 0.4) is 0 Å². The van der Waals surface area contributed by atoms with Gasteiger partial charge in [0.25, 0.3) is 0 Å². The molecule has 0 aromatic carbocycles. The molecule has 3 nitrogen and oxygen atoms in total. The summed E-state index contributed by atoms with van der Waals surface area (Å²) in [6, 6.07) is 0. The van der Waals surface area contributed by atoms with Crippen LogP contribution in [-0.4, -0.2) is 37.0 Å². The summed E-state index contributed by atoms with van der Waals surface area (Å²) in [5, 5.41) is 3.36. The third kappa shape index (κ3) is 4.43. The maximum absolute atomic E-state index is 12.1. The van der Waals surface area contributed by atoms with Gasteiger partial charge in [-0.3, -0.25) is 4.79 Å². The van der Waals surface area contributed by atoms with Gasteiger partial charge in [-0.1, -0.05) is 13.3 Å². The van der Waals surface area contributed by atoms with Crippen molar-refractivity contribution in [3.63, 3.8) is 0 Å². The number of hydrogen-bond acceptors (Lipinski definition) is 2. The summed E-state index contributed by atoms with van der Waals surface area (Å²) in [4.78, 5) is 14.1. The van der Waals surface area contributed by atoms with E-state index in [0.717, 1.165) is 50.9 Å². The molecule has 0 aliphatic carbocycles. The van der Waals surface area contributed by atoms with E-state index >= 15 is 0 Å². The molecule has 1 unspecified atom stereocenters. The van der Waals surface area contributed by atoms with Gasteiger partial charge in [-0.05, 0) is 50.6 Å². The molecule has 0 radical (unpaired) electrons. The highest BCUT2D eigenvalue weighted by atomic mass is 35.5. The number of carbonyl (C=O) groups is 1. The Morgan fingerprint density at radius 2 is 1.94 bits per heavy atom. The number of amides is 1. The van der Waals surface area contributed by atoms with Crippen LogP contribution in [0, 0.1) is 11.8 Å².